The van der Waals surface area contributed by atoms with E-state index in [-0.39, 0.29) is 18.7 Å². The van der Waals surface area contributed by atoms with E-state index in [1.165, 1.54) is 0 Å². The van der Waals surface area contributed by atoms with E-state index in [0.29, 0.717) is 5.92 Å². The minimum atomic E-state index is -0.498. The molecule has 2 N–H and O–H groups in total. The number of allylic oxidation sites excluding steroid dienone is 1. The SMILES string of the molecule is C/C=C/[C@@](C)(CC1CC(NC(=O)OC(C)(C)C)C1)NC(=O)OCc1ccccc1. The normalized spacial score (nSPS) is 21.0. The molecule has 1 aromatic carbocycles. The molecule has 2 rings (SSSR count). The van der Waals surface area contributed by atoms with Crippen LogP contribution in [0.2, 0.25) is 0 Å². The average molecular weight is 403 g/mol. The summed E-state index contributed by atoms with van der Waals surface area (Å²) in [4.78, 5) is 24.2. The molecule has 160 valence electrons. The van der Waals surface area contributed by atoms with Crippen molar-refractivity contribution in [2.75, 3.05) is 0 Å². The van der Waals surface area contributed by atoms with Crippen molar-refractivity contribution >= 4 is 12.2 Å². The van der Waals surface area contributed by atoms with Gasteiger partial charge in [0.1, 0.15) is 12.2 Å². The van der Waals surface area contributed by atoms with Gasteiger partial charge in [-0.1, -0.05) is 42.5 Å². The molecule has 0 aliphatic heterocycles. The van der Waals surface area contributed by atoms with Gasteiger partial charge in [0.15, 0.2) is 0 Å². The second-order valence-electron chi connectivity index (χ2n) is 8.99. The third-order valence-electron chi connectivity index (χ3n) is 4.80. The van der Waals surface area contributed by atoms with Crippen molar-refractivity contribution in [2.45, 2.75) is 77.7 Å². The Morgan fingerprint density at radius 2 is 1.76 bits per heavy atom. The van der Waals surface area contributed by atoms with Crippen LogP contribution in [0.1, 0.15) is 59.4 Å². The Balaban J connectivity index is 1.78. The molecule has 1 aliphatic rings. The maximum Gasteiger partial charge on any atom is 0.408 e. The first kappa shape index (κ1) is 22.8. The van der Waals surface area contributed by atoms with E-state index in [1.54, 1.807) is 0 Å². The lowest BCUT2D eigenvalue weighted by atomic mass is 9.73. The smallest absolute Gasteiger partial charge is 0.408 e. The number of carbonyl (C=O) groups is 2. The number of hydrogen-bond donors (Lipinski definition) is 2. The lowest BCUT2D eigenvalue weighted by Crippen LogP contribution is -2.51. The van der Waals surface area contributed by atoms with Crippen LogP contribution in [0.3, 0.4) is 0 Å². The van der Waals surface area contributed by atoms with E-state index < -0.39 is 17.2 Å². The highest BCUT2D eigenvalue weighted by Gasteiger charge is 2.37. The molecule has 6 nitrogen and oxygen atoms in total. The number of rotatable bonds is 7. The summed E-state index contributed by atoms with van der Waals surface area (Å²) in [6.07, 6.45) is 5.64. The summed E-state index contributed by atoms with van der Waals surface area (Å²) >= 11 is 0. The summed E-state index contributed by atoms with van der Waals surface area (Å²) in [5.74, 6) is 0.408. The summed E-state index contributed by atoms with van der Waals surface area (Å²) in [7, 11) is 0. The van der Waals surface area contributed by atoms with E-state index in [2.05, 4.69) is 10.6 Å². The van der Waals surface area contributed by atoms with Gasteiger partial charge in [0.2, 0.25) is 0 Å². The molecular weight excluding hydrogens is 368 g/mol. The summed E-state index contributed by atoms with van der Waals surface area (Å²) in [6.45, 7) is 9.71. The number of alkyl carbamates (subject to hydrolysis) is 2. The summed E-state index contributed by atoms with van der Waals surface area (Å²) in [5.41, 5.74) is -0.0447. The Bertz CT molecular complexity index is 705. The van der Waals surface area contributed by atoms with Crippen LogP contribution in [-0.4, -0.2) is 29.4 Å². The second-order valence-corrected chi connectivity index (χ2v) is 8.99. The van der Waals surface area contributed by atoms with Gasteiger partial charge in [-0.05, 0) is 65.4 Å². The molecule has 0 spiro atoms. The fourth-order valence-corrected chi connectivity index (χ4v) is 3.62. The lowest BCUT2D eigenvalue weighted by molar-refractivity contribution is 0.0442. The molecule has 0 bridgehead atoms. The molecule has 1 aliphatic carbocycles. The molecule has 1 atom stereocenters. The fraction of sp³-hybridized carbons (Fsp3) is 0.565. The lowest BCUT2D eigenvalue weighted by Gasteiger charge is -2.40. The van der Waals surface area contributed by atoms with Crippen molar-refractivity contribution in [1.82, 2.24) is 10.6 Å². The number of nitrogens with one attached hydrogen (secondary N) is 2. The zero-order valence-electron chi connectivity index (χ0n) is 18.2. The highest BCUT2D eigenvalue weighted by molar-refractivity contribution is 5.69. The third-order valence-corrected chi connectivity index (χ3v) is 4.80. The van der Waals surface area contributed by atoms with Gasteiger partial charge in [-0.25, -0.2) is 9.59 Å². The van der Waals surface area contributed by atoms with E-state index in [1.807, 2.05) is 77.1 Å². The van der Waals surface area contributed by atoms with E-state index >= 15 is 0 Å². The zero-order valence-corrected chi connectivity index (χ0v) is 18.2. The van der Waals surface area contributed by atoms with Crippen molar-refractivity contribution < 1.29 is 19.1 Å². The molecule has 0 radical (unpaired) electrons. The minimum Gasteiger partial charge on any atom is -0.445 e. The van der Waals surface area contributed by atoms with Gasteiger partial charge in [0, 0.05) is 6.04 Å². The number of ether oxygens (including phenoxy) is 2. The molecule has 1 fully saturated rings. The van der Waals surface area contributed by atoms with Crippen LogP contribution in [0.25, 0.3) is 0 Å². The van der Waals surface area contributed by atoms with Gasteiger partial charge >= 0.3 is 12.2 Å². The standard InChI is InChI=1S/C23H34N2O4/c1-6-12-23(5,25-21(27)28-16-17-10-8-7-9-11-17)15-18-13-19(14-18)24-20(26)29-22(2,3)4/h6-12,18-19H,13-16H2,1-5H3,(H,24,26)(H,25,27)/b12-6+/t18?,19?,23-/m0/s1. The monoisotopic (exact) mass is 402 g/mol. The highest BCUT2D eigenvalue weighted by Crippen LogP contribution is 2.35. The van der Waals surface area contributed by atoms with Crippen molar-refractivity contribution in [2.24, 2.45) is 5.92 Å². The summed E-state index contributed by atoms with van der Waals surface area (Å²) < 4.78 is 10.7. The zero-order chi connectivity index (χ0) is 21.5. The van der Waals surface area contributed by atoms with Crippen LogP contribution < -0.4 is 10.6 Å². The predicted octanol–water partition coefficient (Wildman–Crippen LogP) is 4.94. The van der Waals surface area contributed by atoms with Gasteiger partial charge in [-0.2, -0.15) is 0 Å². The molecule has 6 heteroatoms. The maximum absolute atomic E-state index is 12.3. The Morgan fingerprint density at radius 1 is 1.10 bits per heavy atom. The summed E-state index contributed by atoms with van der Waals surface area (Å²) in [5, 5.41) is 5.90. The maximum atomic E-state index is 12.3. The molecule has 29 heavy (non-hydrogen) atoms. The van der Waals surface area contributed by atoms with Crippen LogP contribution in [0.5, 0.6) is 0 Å². The fourth-order valence-electron chi connectivity index (χ4n) is 3.62. The van der Waals surface area contributed by atoms with E-state index in [0.717, 1.165) is 24.8 Å². The van der Waals surface area contributed by atoms with Crippen LogP contribution in [0.4, 0.5) is 9.59 Å². The molecule has 0 unspecified atom stereocenters. The topological polar surface area (TPSA) is 76.7 Å². The first-order chi connectivity index (χ1) is 13.6. The molecule has 0 aromatic heterocycles. The average Bonchev–Trinajstić information content (AvgIpc) is 2.57. The Kier molecular flexibility index (Phi) is 7.71. The van der Waals surface area contributed by atoms with Gasteiger partial charge in [0.25, 0.3) is 0 Å². The quantitative estimate of drug-likeness (QED) is 0.633. The van der Waals surface area contributed by atoms with Gasteiger partial charge < -0.3 is 20.1 Å². The van der Waals surface area contributed by atoms with Crippen LogP contribution >= 0.6 is 0 Å². The summed E-state index contributed by atoms with van der Waals surface area (Å²) in [6, 6.07) is 9.72. The van der Waals surface area contributed by atoms with Gasteiger partial charge in [-0.15, -0.1) is 0 Å². The van der Waals surface area contributed by atoms with Gasteiger partial charge in [0.05, 0.1) is 5.54 Å². The predicted molar refractivity (Wildman–Crippen MR) is 113 cm³/mol. The Morgan fingerprint density at radius 3 is 2.34 bits per heavy atom. The second kappa shape index (κ2) is 9.81. The molecule has 2 amide bonds. The number of benzene rings is 1. The Hall–Kier alpha value is -2.50. The van der Waals surface area contributed by atoms with Gasteiger partial charge in [-0.3, -0.25) is 0 Å². The largest absolute Gasteiger partial charge is 0.445 e. The number of hydrogen-bond acceptors (Lipinski definition) is 4. The van der Waals surface area contributed by atoms with Crippen LogP contribution in [0.15, 0.2) is 42.5 Å². The van der Waals surface area contributed by atoms with E-state index in [4.69, 9.17) is 9.47 Å². The molecule has 0 heterocycles. The minimum absolute atomic E-state index is 0.120. The first-order valence-corrected chi connectivity index (χ1v) is 10.2. The molecule has 1 aromatic rings. The third kappa shape index (κ3) is 8.18. The van der Waals surface area contributed by atoms with E-state index in [9.17, 15) is 9.59 Å². The van der Waals surface area contributed by atoms with Crippen molar-refractivity contribution in [3.05, 3.63) is 48.0 Å². The molecule has 1 saturated carbocycles. The van der Waals surface area contributed by atoms with Crippen molar-refractivity contribution in [3.63, 3.8) is 0 Å². The Labute approximate surface area is 174 Å². The van der Waals surface area contributed by atoms with Crippen LogP contribution in [-0.2, 0) is 16.1 Å². The van der Waals surface area contributed by atoms with Crippen molar-refractivity contribution in [3.8, 4) is 0 Å². The van der Waals surface area contributed by atoms with Crippen molar-refractivity contribution in [1.29, 1.82) is 0 Å². The number of carbonyl (C=O) groups excluding carboxylic acids is 2. The highest BCUT2D eigenvalue weighted by atomic mass is 16.6. The van der Waals surface area contributed by atoms with Crippen LogP contribution in [0, 0.1) is 5.92 Å². The number of amides is 2. The molecular formula is C23H34N2O4. The first-order valence-electron chi connectivity index (χ1n) is 10.2. The molecule has 0 saturated heterocycles.